The second-order valence-corrected chi connectivity index (χ2v) is 7.13. The van der Waals surface area contributed by atoms with Gasteiger partial charge in [0.05, 0.1) is 5.56 Å². The van der Waals surface area contributed by atoms with Gasteiger partial charge in [-0.05, 0) is 54.2 Å². The quantitative estimate of drug-likeness (QED) is 0.608. The van der Waals surface area contributed by atoms with Gasteiger partial charge in [0.15, 0.2) is 12.4 Å². The third-order valence-electron chi connectivity index (χ3n) is 4.15. The van der Waals surface area contributed by atoms with Gasteiger partial charge in [-0.25, -0.2) is 4.79 Å². The standard InChI is InChI=1S/C21H24O3/c1-14-6-7-17(12-15(14)2)19(22)13-24-20(23)16-8-10-18(11-9-16)21(3,4)5/h6-12H,13H2,1-5H3. The van der Waals surface area contributed by atoms with Crippen LogP contribution in [-0.2, 0) is 10.2 Å². The minimum atomic E-state index is -0.479. The lowest BCUT2D eigenvalue weighted by Gasteiger charge is -2.18. The van der Waals surface area contributed by atoms with E-state index in [2.05, 4.69) is 20.8 Å². The van der Waals surface area contributed by atoms with E-state index in [0.717, 1.165) is 16.7 Å². The van der Waals surface area contributed by atoms with Crippen molar-refractivity contribution in [3.8, 4) is 0 Å². The Hall–Kier alpha value is -2.42. The van der Waals surface area contributed by atoms with Crippen molar-refractivity contribution >= 4 is 11.8 Å². The normalized spacial score (nSPS) is 11.2. The van der Waals surface area contributed by atoms with Gasteiger partial charge in [-0.3, -0.25) is 4.79 Å². The zero-order valence-corrected chi connectivity index (χ0v) is 15.0. The lowest BCUT2D eigenvalue weighted by molar-refractivity contribution is 0.0474. The highest BCUT2D eigenvalue weighted by molar-refractivity contribution is 5.99. The number of hydrogen-bond acceptors (Lipinski definition) is 3. The molecule has 0 aromatic heterocycles. The molecule has 126 valence electrons. The van der Waals surface area contributed by atoms with E-state index < -0.39 is 5.97 Å². The Morgan fingerprint density at radius 3 is 2.00 bits per heavy atom. The molecule has 0 fully saturated rings. The van der Waals surface area contributed by atoms with Crippen molar-refractivity contribution in [1.29, 1.82) is 0 Å². The molecule has 0 aliphatic carbocycles. The monoisotopic (exact) mass is 324 g/mol. The third-order valence-corrected chi connectivity index (χ3v) is 4.15. The van der Waals surface area contributed by atoms with Crippen molar-refractivity contribution in [3.05, 3.63) is 70.3 Å². The van der Waals surface area contributed by atoms with Gasteiger partial charge in [-0.1, -0.05) is 45.0 Å². The lowest BCUT2D eigenvalue weighted by atomic mass is 9.87. The highest BCUT2D eigenvalue weighted by atomic mass is 16.5. The summed E-state index contributed by atoms with van der Waals surface area (Å²) in [5.74, 6) is -0.676. The number of carbonyl (C=O) groups is 2. The Morgan fingerprint density at radius 2 is 1.46 bits per heavy atom. The molecule has 2 aromatic carbocycles. The van der Waals surface area contributed by atoms with E-state index in [0.29, 0.717) is 11.1 Å². The van der Waals surface area contributed by atoms with Crippen LogP contribution in [0, 0.1) is 13.8 Å². The minimum Gasteiger partial charge on any atom is -0.454 e. The Kier molecular flexibility index (Phi) is 5.23. The Balaban J connectivity index is 1.99. The molecule has 0 amide bonds. The van der Waals surface area contributed by atoms with Crippen molar-refractivity contribution in [2.45, 2.75) is 40.0 Å². The molecule has 0 saturated carbocycles. The number of esters is 1. The first-order valence-electron chi connectivity index (χ1n) is 8.06. The fourth-order valence-electron chi connectivity index (χ4n) is 2.32. The highest BCUT2D eigenvalue weighted by Crippen LogP contribution is 2.22. The molecule has 0 aliphatic rings. The first kappa shape index (κ1) is 17.9. The summed E-state index contributed by atoms with van der Waals surface area (Å²) in [4.78, 5) is 24.2. The largest absolute Gasteiger partial charge is 0.454 e. The molecule has 0 heterocycles. The summed E-state index contributed by atoms with van der Waals surface area (Å²) < 4.78 is 5.15. The predicted molar refractivity (Wildman–Crippen MR) is 95.7 cm³/mol. The smallest absolute Gasteiger partial charge is 0.338 e. The number of Topliss-reactive ketones (excluding diaryl/α,β-unsaturated/α-hetero) is 1. The van der Waals surface area contributed by atoms with Gasteiger partial charge >= 0.3 is 5.97 Å². The van der Waals surface area contributed by atoms with Crippen LogP contribution < -0.4 is 0 Å². The van der Waals surface area contributed by atoms with E-state index in [-0.39, 0.29) is 17.8 Å². The maximum absolute atomic E-state index is 12.2. The number of carbonyl (C=O) groups excluding carboxylic acids is 2. The van der Waals surface area contributed by atoms with Crippen LogP contribution in [0.1, 0.15) is 58.2 Å². The average Bonchev–Trinajstić information content (AvgIpc) is 2.54. The second-order valence-electron chi connectivity index (χ2n) is 7.13. The van der Waals surface area contributed by atoms with Crippen LogP contribution in [0.5, 0.6) is 0 Å². The van der Waals surface area contributed by atoms with E-state index in [1.165, 1.54) is 0 Å². The number of rotatable bonds is 4. The molecule has 0 spiro atoms. The zero-order chi connectivity index (χ0) is 17.9. The summed E-state index contributed by atoms with van der Waals surface area (Å²) >= 11 is 0. The topological polar surface area (TPSA) is 43.4 Å². The number of hydrogen-bond donors (Lipinski definition) is 0. The van der Waals surface area contributed by atoms with E-state index in [1.807, 2.05) is 38.1 Å². The zero-order valence-electron chi connectivity index (χ0n) is 15.0. The van der Waals surface area contributed by atoms with Crippen LogP contribution in [0.15, 0.2) is 42.5 Å². The molecule has 3 nitrogen and oxygen atoms in total. The molecule has 0 bridgehead atoms. The van der Waals surface area contributed by atoms with Crippen LogP contribution in [0.4, 0.5) is 0 Å². The van der Waals surface area contributed by atoms with E-state index in [9.17, 15) is 9.59 Å². The molecule has 0 unspecified atom stereocenters. The number of ether oxygens (including phenoxy) is 1. The van der Waals surface area contributed by atoms with Gasteiger partial charge in [0.2, 0.25) is 0 Å². The fraction of sp³-hybridized carbons (Fsp3) is 0.333. The summed E-state index contributed by atoms with van der Waals surface area (Å²) in [6.07, 6.45) is 0. The SMILES string of the molecule is Cc1ccc(C(=O)COC(=O)c2ccc(C(C)(C)C)cc2)cc1C. The van der Waals surface area contributed by atoms with E-state index in [4.69, 9.17) is 4.74 Å². The summed E-state index contributed by atoms with van der Waals surface area (Å²) in [6, 6.07) is 12.8. The Labute approximate surface area is 143 Å². The first-order valence-corrected chi connectivity index (χ1v) is 8.06. The number of benzene rings is 2. The van der Waals surface area contributed by atoms with Gasteiger partial charge in [-0.2, -0.15) is 0 Å². The number of ketones is 1. The van der Waals surface area contributed by atoms with Gasteiger partial charge < -0.3 is 4.74 Å². The van der Waals surface area contributed by atoms with Crippen molar-refractivity contribution < 1.29 is 14.3 Å². The van der Waals surface area contributed by atoms with Crippen LogP contribution in [0.2, 0.25) is 0 Å². The Morgan fingerprint density at radius 1 is 0.875 bits per heavy atom. The molecule has 0 saturated heterocycles. The molecule has 0 N–H and O–H groups in total. The maximum atomic E-state index is 12.2. The molecule has 0 aliphatic heterocycles. The number of aryl methyl sites for hydroxylation is 2. The second kappa shape index (κ2) is 7.00. The molecule has 0 radical (unpaired) electrons. The van der Waals surface area contributed by atoms with E-state index in [1.54, 1.807) is 18.2 Å². The fourth-order valence-corrected chi connectivity index (χ4v) is 2.32. The molecule has 3 heteroatoms. The summed E-state index contributed by atoms with van der Waals surface area (Å²) in [7, 11) is 0. The van der Waals surface area contributed by atoms with Gasteiger partial charge in [-0.15, -0.1) is 0 Å². The maximum Gasteiger partial charge on any atom is 0.338 e. The first-order chi connectivity index (χ1) is 11.2. The van der Waals surface area contributed by atoms with Crippen LogP contribution in [0.25, 0.3) is 0 Å². The van der Waals surface area contributed by atoms with Crippen molar-refractivity contribution in [2.75, 3.05) is 6.61 Å². The summed E-state index contributed by atoms with van der Waals surface area (Å²) in [5, 5.41) is 0. The van der Waals surface area contributed by atoms with E-state index >= 15 is 0 Å². The molecule has 0 atom stereocenters. The average molecular weight is 324 g/mol. The van der Waals surface area contributed by atoms with Gasteiger partial charge in [0.25, 0.3) is 0 Å². The molecule has 2 aromatic rings. The summed E-state index contributed by atoms with van der Waals surface area (Å²) in [5.41, 5.74) is 4.37. The molecular formula is C21H24O3. The van der Waals surface area contributed by atoms with Crippen molar-refractivity contribution in [3.63, 3.8) is 0 Å². The van der Waals surface area contributed by atoms with Crippen LogP contribution >= 0.6 is 0 Å². The van der Waals surface area contributed by atoms with Crippen molar-refractivity contribution in [1.82, 2.24) is 0 Å². The minimum absolute atomic E-state index is 0.0295. The predicted octanol–water partition coefficient (Wildman–Crippen LogP) is 4.64. The Bertz CT molecular complexity index is 750. The van der Waals surface area contributed by atoms with Gasteiger partial charge in [0.1, 0.15) is 0 Å². The third kappa shape index (κ3) is 4.31. The molecule has 2 rings (SSSR count). The van der Waals surface area contributed by atoms with Crippen LogP contribution in [0.3, 0.4) is 0 Å². The van der Waals surface area contributed by atoms with Crippen molar-refractivity contribution in [2.24, 2.45) is 0 Å². The van der Waals surface area contributed by atoms with Gasteiger partial charge in [0, 0.05) is 5.56 Å². The highest BCUT2D eigenvalue weighted by Gasteiger charge is 2.16. The molecule has 24 heavy (non-hydrogen) atoms. The van der Waals surface area contributed by atoms with Crippen LogP contribution in [-0.4, -0.2) is 18.4 Å². The molecular weight excluding hydrogens is 300 g/mol. The lowest BCUT2D eigenvalue weighted by Crippen LogP contribution is -2.15. The summed E-state index contributed by atoms with van der Waals surface area (Å²) in [6.45, 7) is 10.0.